The van der Waals surface area contributed by atoms with Crippen LogP contribution in [0.15, 0.2) is 109 Å². The van der Waals surface area contributed by atoms with Gasteiger partial charge in [-0.3, -0.25) is 19.3 Å². The van der Waals surface area contributed by atoms with Crippen LogP contribution in [0.2, 0.25) is 0 Å². The molecule has 4 aromatic rings. The first-order chi connectivity index (χ1) is 33.1. The molecule has 3 aliphatic heterocycles. The van der Waals surface area contributed by atoms with Gasteiger partial charge in [0.05, 0.1) is 58.8 Å². The van der Waals surface area contributed by atoms with Crippen molar-refractivity contribution in [1.29, 1.82) is 0 Å². The number of benzene rings is 2. The third kappa shape index (κ3) is 9.57. The van der Waals surface area contributed by atoms with Crippen molar-refractivity contribution < 1.29 is 47.5 Å². The Morgan fingerprint density at radius 1 is 0.691 bits per heavy atom. The first kappa shape index (κ1) is 45.4. The molecule has 1 N–H and O–H groups in total. The molecule has 0 bridgehead atoms. The SMILES string of the molecule is COc1ccc(C2=CC=C3C(C2)Cn2cc(OCCCOc4cn5c(c4OC)C=[N+]([O-])C4=CC=C(c6cccc(NC(=O)CCCCCN7C(=O)C=CC7=O)c6)CC4C5)c(OC)c2C=[N+]3[O-])cc1. The number of allylic oxidation sites excluding steroid dienone is 8. The quantitative estimate of drug-likeness (QED) is 0.0457. The van der Waals surface area contributed by atoms with Gasteiger partial charge in [-0.05, 0) is 72.2 Å². The lowest BCUT2D eigenvalue weighted by Crippen LogP contribution is -2.30. The lowest BCUT2D eigenvalue weighted by Gasteiger charge is -2.22. The second-order valence-corrected chi connectivity index (χ2v) is 17.3. The van der Waals surface area contributed by atoms with Gasteiger partial charge in [0, 0.05) is 62.5 Å². The van der Waals surface area contributed by atoms with E-state index in [1.807, 2.05) is 94.4 Å². The van der Waals surface area contributed by atoms with Gasteiger partial charge in [0.25, 0.3) is 11.8 Å². The molecule has 16 heteroatoms. The van der Waals surface area contributed by atoms with Gasteiger partial charge in [0.15, 0.2) is 45.8 Å². The highest BCUT2D eigenvalue weighted by atomic mass is 16.5. The van der Waals surface area contributed by atoms with Gasteiger partial charge in [-0.1, -0.05) is 42.8 Å². The van der Waals surface area contributed by atoms with Crippen molar-refractivity contribution in [3.05, 3.63) is 142 Å². The number of hydrogen-bond donors (Lipinski definition) is 1. The van der Waals surface area contributed by atoms with E-state index in [1.165, 1.54) is 23.3 Å². The van der Waals surface area contributed by atoms with Gasteiger partial charge in [0.1, 0.15) is 5.75 Å². The molecule has 2 aromatic carbocycles. The normalized spacial score (nSPS) is 18.2. The van der Waals surface area contributed by atoms with Gasteiger partial charge in [-0.15, -0.1) is 0 Å². The van der Waals surface area contributed by atoms with Crippen LogP contribution in [0.3, 0.4) is 0 Å². The number of aromatic nitrogens is 2. The van der Waals surface area contributed by atoms with Crippen LogP contribution in [0.4, 0.5) is 5.69 Å². The van der Waals surface area contributed by atoms with E-state index in [0.29, 0.717) is 129 Å². The molecule has 9 rings (SSSR count). The van der Waals surface area contributed by atoms with Crippen LogP contribution in [0.25, 0.3) is 11.1 Å². The van der Waals surface area contributed by atoms with E-state index in [9.17, 15) is 24.8 Å². The standard InChI is InChI=1S/C52H54N6O10/c1-64-41-16-12-34(13-17-41)36-14-18-42-38(25-36)28-54-32-46(51(65-2)44(54)30-57(42)62)67-23-8-24-68-47-33-55-29-39-26-37(15-19-43(39)58(63)31-45(55)52(47)66-3)35-9-7-10-40(27-35)53-48(59)11-5-4-6-22-56-49(60)20-21-50(56)61/h7,9-10,12-21,27,30-33,38-39H,4-6,8,11,22-26,28-29H2,1-3H3,(H,53,59). The van der Waals surface area contributed by atoms with E-state index in [4.69, 9.17) is 23.7 Å². The summed E-state index contributed by atoms with van der Waals surface area (Å²) in [5.41, 5.74) is 7.48. The van der Waals surface area contributed by atoms with Crippen molar-refractivity contribution in [2.24, 2.45) is 11.8 Å². The monoisotopic (exact) mass is 922 g/mol. The predicted molar refractivity (Wildman–Crippen MR) is 256 cm³/mol. The third-order valence-electron chi connectivity index (χ3n) is 13.0. The summed E-state index contributed by atoms with van der Waals surface area (Å²) in [6.45, 7) is 2.06. The number of methoxy groups -OCH3 is 3. The average molecular weight is 923 g/mol. The summed E-state index contributed by atoms with van der Waals surface area (Å²) in [5.74, 6) is 1.91. The van der Waals surface area contributed by atoms with Crippen molar-refractivity contribution in [1.82, 2.24) is 14.0 Å². The summed E-state index contributed by atoms with van der Waals surface area (Å²) in [5, 5.41) is 30.0. The number of hydroxylamine groups is 2. The zero-order valence-corrected chi connectivity index (χ0v) is 38.4. The molecule has 68 heavy (non-hydrogen) atoms. The molecule has 0 radical (unpaired) electrons. The lowest BCUT2D eigenvalue weighted by molar-refractivity contribution is -0.404. The first-order valence-corrected chi connectivity index (χ1v) is 22.9. The maximum absolute atomic E-state index is 13.6. The van der Waals surface area contributed by atoms with Crippen molar-refractivity contribution in [3.8, 4) is 28.7 Å². The second kappa shape index (κ2) is 20.0. The molecule has 352 valence electrons. The number of carbonyl (C=O) groups is 3. The third-order valence-corrected chi connectivity index (χ3v) is 13.0. The van der Waals surface area contributed by atoms with Crippen LogP contribution in [-0.2, 0) is 27.5 Å². The minimum Gasteiger partial charge on any atom is -0.618 e. The van der Waals surface area contributed by atoms with Crippen LogP contribution < -0.4 is 29.0 Å². The van der Waals surface area contributed by atoms with E-state index >= 15 is 0 Å². The van der Waals surface area contributed by atoms with Crippen molar-refractivity contribution in [2.45, 2.75) is 58.0 Å². The molecule has 2 unspecified atom stereocenters. The van der Waals surface area contributed by atoms with Gasteiger partial charge in [0.2, 0.25) is 18.3 Å². The van der Waals surface area contributed by atoms with Crippen LogP contribution in [0.1, 0.15) is 67.5 Å². The molecular weight excluding hydrogens is 869 g/mol. The minimum absolute atomic E-state index is 0.0516. The van der Waals surface area contributed by atoms with Crippen LogP contribution in [0, 0.1) is 22.3 Å². The van der Waals surface area contributed by atoms with Crippen LogP contribution in [-0.4, -0.2) is 94.8 Å². The van der Waals surface area contributed by atoms with E-state index < -0.39 is 0 Å². The van der Waals surface area contributed by atoms with Crippen molar-refractivity contribution in [3.63, 3.8) is 0 Å². The van der Waals surface area contributed by atoms with Gasteiger partial charge < -0.3 is 48.5 Å². The topological polar surface area (TPSA) is 175 Å². The molecular formula is C52H54N6O10. The first-order valence-electron chi connectivity index (χ1n) is 22.9. The Morgan fingerprint density at radius 2 is 1.26 bits per heavy atom. The number of amides is 3. The molecule has 0 saturated heterocycles. The number of ether oxygens (including phenoxy) is 5. The number of imide groups is 1. The molecule has 2 atom stereocenters. The van der Waals surface area contributed by atoms with Crippen LogP contribution >= 0.6 is 0 Å². The van der Waals surface area contributed by atoms with Crippen molar-refractivity contribution in [2.75, 3.05) is 46.4 Å². The summed E-state index contributed by atoms with van der Waals surface area (Å²) in [6.07, 6.45) is 21.3. The second-order valence-electron chi connectivity index (χ2n) is 17.3. The summed E-state index contributed by atoms with van der Waals surface area (Å²) in [4.78, 5) is 37.6. The van der Waals surface area contributed by atoms with Gasteiger partial charge in [-0.2, -0.15) is 9.48 Å². The molecule has 5 heterocycles. The fraction of sp³-hybridized carbons (Fsp3) is 0.327. The van der Waals surface area contributed by atoms with Crippen molar-refractivity contribution >= 4 is 47.0 Å². The molecule has 2 aromatic heterocycles. The van der Waals surface area contributed by atoms with E-state index in [1.54, 1.807) is 27.5 Å². The number of carbonyl (C=O) groups excluding carboxylic acids is 3. The average Bonchev–Trinajstić information content (AvgIpc) is 3.90. The molecule has 16 nitrogen and oxygen atoms in total. The number of hydrogen-bond acceptors (Lipinski definition) is 10. The summed E-state index contributed by atoms with van der Waals surface area (Å²) in [7, 11) is 4.78. The Balaban J connectivity index is 0.780. The maximum atomic E-state index is 13.6. The molecule has 0 spiro atoms. The van der Waals surface area contributed by atoms with E-state index in [0.717, 1.165) is 37.5 Å². The maximum Gasteiger partial charge on any atom is 0.253 e. The number of anilines is 1. The summed E-state index contributed by atoms with van der Waals surface area (Å²) >= 11 is 0. The number of unbranched alkanes of at least 4 members (excludes halogenated alkanes) is 2. The smallest absolute Gasteiger partial charge is 0.253 e. The lowest BCUT2D eigenvalue weighted by atomic mass is 9.87. The fourth-order valence-electron chi connectivity index (χ4n) is 9.49. The van der Waals surface area contributed by atoms with Crippen LogP contribution in [0.5, 0.6) is 28.7 Å². The Bertz CT molecular complexity index is 2820. The molecule has 0 saturated carbocycles. The highest BCUT2D eigenvalue weighted by molar-refractivity contribution is 6.12. The van der Waals surface area contributed by atoms with Gasteiger partial charge in [-0.25, -0.2) is 0 Å². The Kier molecular flexibility index (Phi) is 13.4. The molecule has 3 amide bonds. The van der Waals surface area contributed by atoms with Gasteiger partial charge >= 0.3 is 0 Å². The van der Waals surface area contributed by atoms with E-state index in [2.05, 4.69) is 5.32 Å². The fourth-order valence-corrected chi connectivity index (χ4v) is 9.49. The Hall–Kier alpha value is -7.75. The Morgan fingerprint density at radius 3 is 1.82 bits per heavy atom. The molecule has 2 aliphatic carbocycles. The summed E-state index contributed by atoms with van der Waals surface area (Å²) < 4.78 is 35.3. The minimum atomic E-state index is -0.292. The number of fused-ring (bicyclic) bond motifs is 4. The predicted octanol–water partition coefficient (Wildman–Crippen LogP) is 7.45. The largest absolute Gasteiger partial charge is 0.618 e. The highest BCUT2D eigenvalue weighted by Crippen LogP contribution is 2.41. The zero-order chi connectivity index (χ0) is 47.3. The number of nitrogens with zero attached hydrogens (tertiary/aromatic N) is 5. The summed E-state index contributed by atoms with van der Waals surface area (Å²) in [6, 6.07) is 15.6. The van der Waals surface area contributed by atoms with E-state index in [-0.39, 0.29) is 29.6 Å². The highest BCUT2D eigenvalue weighted by Gasteiger charge is 2.35. The Labute approximate surface area is 394 Å². The number of rotatable bonds is 18. The zero-order valence-electron chi connectivity index (χ0n) is 38.4. The molecule has 5 aliphatic rings. The number of nitrogens with one attached hydrogen (secondary N) is 1. The molecule has 0 fully saturated rings.